The van der Waals surface area contributed by atoms with Crippen LogP contribution in [0.15, 0.2) is 47.4 Å². The minimum absolute atomic E-state index is 0.0921. The number of rotatable bonds is 7. The maximum atomic E-state index is 12.1. The predicted octanol–water partition coefficient (Wildman–Crippen LogP) is 2.83. The van der Waals surface area contributed by atoms with Gasteiger partial charge in [0, 0.05) is 11.3 Å². The Kier molecular flexibility index (Phi) is 6.15. The molecule has 3 rings (SSSR count). The summed E-state index contributed by atoms with van der Waals surface area (Å²) in [5, 5.41) is 0.0921. The van der Waals surface area contributed by atoms with Crippen LogP contribution < -0.4 is 9.44 Å². The zero-order chi connectivity index (χ0) is 19.6. The standard InChI is InChI=1S/C20H26N2O3S2/c1-14(2)26(23)22-20-10-8-17-12-16(7-9-19(17)20)11-15-5-4-6-18(13-15)27(24,25)21-3/h4-7,9,12-14,20-22H,8,10-11H2,1-3H3. The highest BCUT2D eigenvalue weighted by Crippen LogP contribution is 2.32. The van der Waals surface area contributed by atoms with Crippen LogP contribution in [0.1, 0.15) is 48.6 Å². The van der Waals surface area contributed by atoms with Crippen molar-refractivity contribution in [1.82, 2.24) is 9.44 Å². The van der Waals surface area contributed by atoms with Crippen LogP contribution in [0, 0.1) is 0 Å². The van der Waals surface area contributed by atoms with E-state index in [1.807, 2.05) is 19.9 Å². The fourth-order valence-electron chi connectivity index (χ4n) is 3.36. The van der Waals surface area contributed by atoms with Crippen LogP contribution >= 0.6 is 0 Å². The van der Waals surface area contributed by atoms with E-state index in [2.05, 4.69) is 27.6 Å². The summed E-state index contributed by atoms with van der Waals surface area (Å²) in [5.41, 5.74) is 4.61. The molecule has 1 aliphatic carbocycles. The van der Waals surface area contributed by atoms with Gasteiger partial charge in [-0.1, -0.05) is 30.3 Å². The maximum absolute atomic E-state index is 12.1. The topological polar surface area (TPSA) is 75.3 Å². The Morgan fingerprint density at radius 3 is 2.59 bits per heavy atom. The Balaban J connectivity index is 1.77. The molecule has 2 aromatic rings. The average molecular weight is 407 g/mol. The quantitative estimate of drug-likeness (QED) is 0.742. The number of hydrogen-bond donors (Lipinski definition) is 2. The molecule has 2 unspecified atom stereocenters. The van der Waals surface area contributed by atoms with Crippen LogP contribution in [0.4, 0.5) is 0 Å². The van der Waals surface area contributed by atoms with E-state index < -0.39 is 21.0 Å². The maximum Gasteiger partial charge on any atom is 0.240 e. The normalized spacial score (nSPS) is 17.9. The predicted molar refractivity (Wildman–Crippen MR) is 109 cm³/mol. The van der Waals surface area contributed by atoms with Gasteiger partial charge in [0.2, 0.25) is 10.0 Å². The molecule has 5 nitrogen and oxygen atoms in total. The molecule has 1 aliphatic rings. The number of hydrogen-bond acceptors (Lipinski definition) is 3. The van der Waals surface area contributed by atoms with Crippen LogP contribution in [0.25, 0.3) is 0 Å². The molecule has 0 fully saturated rings. The number of sulfonamides is 1. The van der Waals surface area contributed by atoms with Gasteiger partial charge < -0.3 is 0 Å². The third-order valence-corrected chi connectivity index (χ3v) is 7.64. The number of aryl methyl sites for hydroxylation is 1. The smallest absolute Gasteiger partial charge is 0.240 e. The van der Waals surface area contributed by atoms with E-state index in [1.54, 1.807) is 18.2 Å². The summed E-state index contributed by atoms with van der Waals surface area (Å²) in [7, 11) is -3.05. The van der Waals surface area contributed by atoms with Crippen LogP contribution in [-0.4, -0.2) is 24.9 Å². The number of nitrogens with one attached hydrogen (secondary N) is 2. The Labute approximate surface area is 164 Å². The number of fused-ring (bicyclic) bond motifs is 1. The Hall–Kier alpha value is -1.54. The van der Waals surface area contributed by atoms with Crippen molar-refractivity contribution in [2.24, 2.45) is 0 Å². The van der Waals surface area contributed by atoms with Crippen molar-refractivity contribution in [3.63, 3.8) is 0 Å². The van der Waals surface area contributed by atoms with Gasteiger partial charge in [0.15, 0.2) is 0 Å². The molecule has 2 aromatic carbocycles. The van der Waals surface area contributed by atoms with Crippen molar-refractivity contribution in [2.45, 2.75) is 49.3 Å². The summed E-state index contributed by atoms with van der Waals surface area (Å²) < 4.78 is 41.7. The SMILES string of the molecule is CNS(=O)(=O)c1cccc(Cc2ccc3c(c2)CCC3NS(=O)C(C)C)c1. The van der Waals surface area contributed by atoms with Crippen molar-refractivity contribution in [3.8, 4) is 0 Å². The second-order valence-corrected chi connectivity index (χ2v) is 10.8. The Morgan fingerprint density at radius 1 is 1.15 bits per heavy atom. The Morgan fingerprint density at radius 2 is 1.89 bits per heavy atom. The first-order valence-electron chi connectivity index (χ1n) is 9.11. The summed E-state index contributed by atoms with van der Waals surface area (Å²) in [6, 6.07) is 13.6. The zero-order valence-corrected chi connectivity index (χ0v) is 17.5. The van der Waals surface area contributed by atoms with Gasteiger partial charge in [-0.3, -0.25) is 0 Å². The highest BCUT2D eigenvalue weighted by atomic mass is 32.2. The van der Waals surface area contributed by atoms with E-state index in [0.29, 0.717) is 6.42 Å². The first-order chi connectivity index (χ1) is 12.8. The van der Waals surface area contributed by atoms with Gasteiger partial charge in [-0.25, -0.2) is 22.1 Å². The molecule has 7 heteroatoms. The third-order valence-electron chi connectivity index (χ3n) is 4.86. The summed E-state index contributed by atoms with van der Waals surface area (Å²) in [4.78, 5) is 0.282. The lowest BCUT2D eigenvalue weighted by Gasteiger charge is -2.15. The lowest BCUT2D eigenvalue weighted by molar-refractivity contribution is 0.588. The van der Waals surface area contributed by atoms with E-state index in [0.717, 1.165) is 24.0 Å². The molecule has 27 heavy (non-hydrogen) atoms. The van der Waals surface area contributed by atoms with Gasteiger partial charge >= 0.3 is 0 Å². The summed E-state index contributed by atoms with van der Waals surface area (Å²) in [6.07, 6.45) is 2.59. The largest absolute Gasteiger partial charge is 0.243 e. The van der Waals surface area contributed by atoms with E-state index in [1.165, 1.54) is 18.2 Å². The molecule has 0 amide bonds. The van der Waals surface area contributed by atoms with Crippen molar-refractivity contribution < 1.29 is 12.6 Å². The van der Waals surface area contributed by atoms with Gasteiger partial charge in [0.1, 0.15) is 0 Å². The van der Waals surface area contributed by atoms with Crippen LogP contribution in [0.3, 0.4) is 0 Å². The van der Waals surface area contributed by atoms with Crippen LogP contribution in [-0.2, 0) is 33.9 Å². The minimum Gasteiger partial charge on any atom is -0.243 e. The van der Waals surface area contributed by atoms with Gasteiger partial charge in [0.25, 0.3) is 0 Å². The monoisotopic (exact) mass is 406 g/mol. The Bertz CT molecular complexity index is 955. The first kappa shape index (κ1) is 20.2. The van der Waals surface area contributed by atoms with E-state index in [9.17, 15) is 12.6 Å². The molecular weight excluding hydrogens is 380 g/mol. The molecule has 0 aromatic heterocycles. The molecule has 0 radical (unpaired) electrons. The van der Waals surface area contributed by atoms with Crippen molar-refractivity contribution in [1.29, 1.82) is 0 Å². The van der Waals surface area contributed by atoms with Crippen LogP contribution in [0.2, 0.25) is 0 Å². The molecule has 0 aliphatic heterocycles. The molecule has 2 atom stereocenters. The molecule has 0 saturated heterocycles. The van der Waals surface area contributed by atoms with Crippen molar-refractivity contribution in [2.75, 3.05) is 7.05 Å². The molecule has 0 heterocycles. The molecule has 0 saturated carbocycles. The molecule has 2 N–H and O–H groups in total. The fraction of sp³-hybridized carbons (Fsp3) is 0.400. The second kappa shape index (κ2) is 8.22. The summed E-state index contributed by atoms with van der Waals surface area (Å²) in [5.74, 6) is 0. The van der Waals surface area contributed by atoms with Crippen LogP contribution in [0.5, 0.6) is 0 Å². The minimum atomic E-state index is -3.44. The van der Waals surface area contributed by atoms with E-state index in [-0.39, 0.29) is 16.2 Å². The molecular formula is C20H26N2O3S2. The van der Waals surface area contributed by atoms with Gasteiger partial charge in [-0.2, -0.15) is 0 Å². The van der Waals surface area contributed by atoms with Crippen molar-refractivity contribution >= 4 is 21.0 Å². The molecule has 0 spiro atoms. The van der Waals surface area contributed by atoms with Gasteiger partial charge in [-0.05, 0) is 74.5 Å². The lowest BCUT2D eigenvalue weighted by Crippen LogP contribution is -2.27. The van der Waals surface area contributed by atoms with Crippen molar-refractivity contribution in [3.05, 3.63) is 64.7 Å². The van der Waals surface area contributed by atoms with Gasteiger partial charge in [0.05, 0.1) is 15.9 Å². The molecule has 0 bridgehead atoms. The lowest BCUT2D eigenvalue weighted by atomic mass is 10.00. The molecule has 146 valence electrons. The third kappa shape index (κ3) is 4.66. The van der Waals surface area contributed by atoms with E-state index >= 15 is 0 Å². The summed E-state index contributed by atoms with van der Waals surface area (Å²) >= 11 is 0. The second-order valence-electron chi connectivity index (χ2n) is 7.12. The average Bonchev–Trinajstić information content (AvgIpc) is 3.04. The summed E-state index contributed by atoms with van der Waals surface area (Å²) in [6.45, 7) is 3.90. The van der Waals surface area contributed by atoms with Gasteiger partial charge in [-0.15, -0.1) is 0 Å². The van der Waals surface area contributed by atoms with E-state index in [4.69, 9.17) is 0 Å². The highest BCUT2D eigenvalue weighted by molar-refractivity contribution is 7.89. The highest BCUT2D eigenvalue weighted by Gasteiger charge is 2.24. The first-order valence-corrected chi connectivity index (χ1v) is 11.8. The number of benzene rings is 2. The fourth-order valence-corrected chi connectivity index (χ4v) is 4.95. The zero-order valence-electron chi connectivity index (χ0n) is 15.9.